The molecule has 166 valence electrons. The molecule has 1 fully saturated rings. The van der Waals surface area contributed by atoms with Crippen molar-refractivity contribution in [2.24, 2.45) is 0 Å². The second-order valence-corrected chi connectivity index (χ2v) is 9.46. The molecule has 8 nitrogen and oxygen atoms in total. The third kappa shape index (κ3) is 6.96. The first-order chi connectivity index (χ1) is 14.7. The Morgan fingerprint density at radius 2 is 1.97 bits per heavy atom. The molecule has 0 spiro atoms. The van der Waals surface area contributed by atoms with Gasteiger partial charge in [-0.15, -0.1) is 0 Å². The van der Waals surface area contributed by atoms with Crippen LogP contribution < -0.4 is 44.5 Å². The molecule has 0 radical (unpaired) electrons. The summed E-state index contributed by atoms with van der Waals surface area (Å²) in [5.41, 5.74) is 3.51. The number of aliphatic carboxylic acids is 1. The first-order valence-electron chi connectivity index (χ1n) is 9.95. The summed E-state index contributed by atoms with van der Waals surface area (Å²) in [5.74, 6) is -0.933. The van der Waals surface area contributed by atoms with E-state index in [9.17, 15) is 14.7 Å². The minimum atomic E-state index is -1.02. The standard InChI is InChI=1S/C20H25N5O3S3.Na/c1-12-5-3-6-13(2)17(12)25(10-14(25)9-16(27)28)8-4-7-21-15(26)11-31-20-23-18(29)22-19(30)24-20;/h3,5-6,14H,4,7-11H2,1-2H3,(H3-,21,22,23,24,26,27,28,29,30);/q;+1. The molecule has 1 aliphatic rings. The van der Waals surface area contributed by atoms with E-state index in [4.69, 9.17) is 24.4 Å². The van der Waals surface area contributed by atoms with E-state index in [2.05, 4.69) is 46.2 Å². The molecule has 2 heterocycles. The van der Waals surface area contributed by atoms with Gasteiger partial charge in [0, 0.05) is 36.5 Å². The number of aryl methyl sites for hydroxylation is 2. The normalized spacial score (nSPS) is 19.1. The van der Waals surface area contributed by atoms with E-state index in [1.165, 1.54) is 17.4 Å². The number of nitrogens with zero attached hydrogens (tertiary/aromatic N) is 2. The molecule has 32 heavy (non-hydrogen) atoms. The minimum absolute atomic E-state index is 0. The number of nitrogens with one attached hydrogen (secondary N) is 3. The molecule has 0 aliphatic carbocycles. The fourth-order valence-corrected chi connectivity index (χ4v) is 5.42. The molecule has 2 atom stereocenters. The van der Waals surface area contributed by atoms with Crippen molar-refractivity contribution in [2.45, 2.75) is 37.9 Å². The van der Waals surface area contributed by atoms with Crippen LogP contribution in [0.5, 0.6) is 0 Å². The van der Waals surface area contributed by atoms with E-state index >= 15 is 0 Å². The maximum atomic E-state index is 12.2. The Morgan fingerprint density at radius 3 is 2.59 bits per heavy atom. The van der Waals surface area contributed by atoms with E-state index < -0.39 is 5.97 Å². The monoisotopic (exact) mass is 502 g/mol. The smallest absolute Gasteiger partial charge is 0.550 e. The Bertz CT molecular complexity index is 1060. The summed E-state index contributed by atoms with van der Waals surface area (Å²) >= 11 is 11.2. The number of hydrogen-bond donors (Lipinski definition) is 3. The van der Waals surface area contributed by atoms with Gasteiger partial charge < -0.3 is 25.2 Å². The van der Waals surface area contributed by atoms with Gasteiger partial charge >= 0.3 is 29.6 Å². The third-order valence-corrected chi connectivity index (χ3v) is 6.70. The number of amides is 1. The van der Waals surface area contributed by atoms with Gasteiger partial charge in [0.15, 0.2) is 9.93 Å². The molecule has 2 aromatic rings. The molecular formula is C20H25N5NaO3S3+. The predicted molar refractivity (Wildman–Crippen MR) is 124 cm³/mol. The first kappa shape index (κ1) is 27.2. The average molecular weight is 503 g/mol. The SMILES string of the molecule is Cc1cccc(C)c1[N+]1(CCCNC(=O)CSc2nc(=S)[nH]c(=S)[nH]2)CC1CC(=O)[O-].[Na+]. The molecule has 3 N–H and O–H groups in total. The number of thioether (sulfide) groups is 1. The van der Waals surface area contributed by atoms with Crippen molar-refractivity contribution < 1.29 is 44.3 Å². The van der Waals surface area contributed by atoms with Crippen LogP contribution in [0.2, 0.25) is 0 Å². The van der Waals surface area contributed by atoms with Gasteiger partial charge in [-0.05, 0) is 38.3 Å². The molecule has 3 rings (SSSR count). The molecule has 1 aromatic heterocycles. The van der Waals surface area contributed by atoms with Crippen molar-refractivity contribution in [3.8, 4) is 0 Å². The summed E-state index contributed by atoms with van der Waals surface area (Å²) in [6.07, 6.45) is 0.787. The quantitative estimate of drug-likeness (QED) is 0.0949. The number of benzene rings is 1. The van der Waals surface area contributed by atoms with Crippen LogP contribution >= 0.6 is 36.2 Å². The molecule has 1 aliphatic heterocycles. The number of carboxylic acid groups (broad SMARTS) is 1. The van der Waals surface area contributed by atoms with Crippen LogP contribution in [0.25, 0.3) is 0 Å². The Morgan fingerprint density at radius 1 is 1.28 bits per heavy atom. The van der Waals surface area contributed by atoms with Crippen LogP contribution in [-0.4, -0.2) is 58.3 Å². The van der Waals surface area contributed by atoms with E-state index in [0.29, 0.717) is 21.0 Å². The zero-order chi connectivity index (χ0) is 22.6. The molecule has 0 saturated carbocycles. The molecule has 0 bridgehead atoms. The maximum absolute atomic E-state index is 12.2. The van der Waals surface area contributed by atoms with E-state index in [1.807, 2.05) is 6.07 Å². The fraction of sp³-hybridized carbons (Fsp3) is 0.450. The molecule has 1 aromatic carbocycles. The van der Waals surface area contributed by atoms with Crippen LogP contribution in [0.15, 0.2) is 23.4 Å². The van der Waals surface area contributed by atoms with Gasteiger partial charge in [0.05, 0.1) is 12.3 Å². The number of aromatic amines is 2. The number of hydrogen-bond acceptors (Lipinski definition) is 7. The predicted octanol–water partition coefficient (Wildman–Crippen LogP) is -1.05. The van der Waals surface area contributed by atoms with Crippen molar-refractivity contribution in [1.29, 1.82) is 0 Å². The molecule has 12 heteroatoms. The Hall–Kier alpha value is -1.08. The summed E-state index contributed by atoms with van der Waals surface area (Å²) in [5, 5.41) is 14.6. The van der Waals surface area contributed by atoms with Crippen molar-refractivity contribution in [1.82, 2.24) is 24.8 Å². The number of carboxylic acids is 1. The van der Waals surface area contributed by atoms with Crippen molar-refractivity contribution in [3.63, 3.8) is 0 Å². The van der Waals surface area contributed by atoms with Gasteiger partial charge in [-0.1, -0.05) is 30.0 Å². The molecule has 2 unspecified atom stereocenters. The Kier molecular flexibility index (Phi) is 10.1. The number of rotatable bonds is 10. The third-order valence-electron chi connectivity index (χ3n) is 5.43. The second-order valence-electron chi connectivity index (χ2n) is 7.70. The fourth-order valence-electron chi connectivity index (χ4n) is 4.14. The molecular weight excluding hydrogens is 477 g/mol. The van der Waals surface area contributed by atoms with Crippen LogP contribution in [-0.2, 0) is 9.59 Å². The van der Waals surface area contributed by atoms with Gasteiger partial charge in [-0.2, -0.15) is 4.98 Å². The van der Waals surface area contributed by atoms with E-state index in [1.54, 1.807) is 0 Å². The van der Waals surface area contributed by atoms with Gasteiger partial charge in [0.25, 0.3) is 0 Å². The maximum Gasteiger partial charge on any atom is 1.00 e. The van der Waals surface area contributed by atoms with Gasteiger partial charge in [0.2, 0.25) is 10.7 Å². The van der Waals surface area contributed by atoms with Gasteiger partial charge in [0.1, 0.15) is 18.3 Å². The minimum Gasteiger partial charge on any atom is -0.550 e. The van der Waals surface area contributed by atoms with Crippen LogP contribution in [0, 0.1) is 23.4 Å². The van der Waals surface area contributed by atoms with Crippen LogP contribution in [0.1, 0.15) is 24.0 Å². The summed E-state index contributed by atoms with van der Waals surface area (Å²) < 4.78 is 1.28. The number of quaternary nitrogens is 1. The Balaban J connectivity index is 0.00000363. The van der Waals surface area contributed by atoms with Crippen molar-refractivity contribution >= 4 is 53.8 Å². The van der Waals surface area contributed by atoms with Crippen molar-refractivity contribution in [2.75, 3.05) is 25.4 Å². The molecule has 1 saturated heterocycles. The van der Waals surface area contributed by atoms with Crippen molar-refractivity contribution in [3.05, 3.63) is 38.9 Å². The summed E-state index contributed by atoms with van der Waals surface area (Å²) in [6.45, 7) is 6.18. The number of aromatic nitrogens is 3. The summed E-state index contributed by atoms with van der Waals surface area (Å²) in [7, 11) is 0. The number of carbonyl (C=O) groups excluding carboxylic acids is 2. The van der Waals surface area contributed by atoms with Crippen LogP contribution in [0.4, 0.5) is 5.69 Å². The average Bonchev–Trinajstić information content (AvgIpc) is 3.34. The van der Waals surface area contributed by atoms with Crippen LogP contribution in [0.3, 0.4) is 0 Å². The number of H-pyrrole nitrogens is 2. The second kappa shape index (κ2) is 11.9. The number of carbonyl (C=O) groups is 2. The van der Waals surface area contributed by atoms with E-state index in [0.717, 1.165) is 30.6 Å². The van der Waals surface area contributed by atoms with Gasteiger partial charge in [-0.25, -0.2) is 0 Å². The topological polar surface area (TPSA) is 114 Å². The van der Waals surface area contributed by atoms with Gasteiger partial charge in [-0.3, -0.25) is 9.28 Å². The zero-order valence-corrected chi connectivity index (χ0v) is 22.8. The largest absolute Gasteiger partial charge is 1.00 e. The van der Waals surface area contributed by atoms with E-state index in [-0.39, 0.29) is 58.5 Å². The first-order valence-corrected chi connectivity index (χ1v) is 11.7. The molecule has 1 amide bonds. The zero-order valence-electron chi connectivity index (χ0n) is 18.4. The Labute approximate surface area is 223 Å². The summed E-state index contributed by atoms with van der Waals surface area (Å²) in [4.78, 5) is 33.0. The summed E-state index contributed by atoms with van der Waals surface area (Å²) in [6, 6.07) is 6.16. The number of para-hydroxylation sites is 1.